The summed E-state index contributed by atoms with van der Waals surface area (Å²) in [6, 6.07) is 0. The molecule has 0 atom stereocenters. The van der Waals surface area contributed by atoms with Crippen LogP contribution in [0, 0.1) is 0 Å². The second kappa shape index (κ2) is 4.50. The van der Waals surface area contributed by atoms with Crippen molar-refractivity contribution in [2.75, 3.05) is 13.2 Å². The zero-order valence-corrected chi connectivity index (χ0v) is 7.49. The van der Waals surface area contributed by atoms with E-state index in [0.717, 1.165) is 24.3 Å². The van der Waals surface area contributed by atoms with E-state index < -0.39 is 0 Å². The molecule has 1 rings (SSSR count). The molecule has 1 fully saturated rings. The molecule has 0 radical (unpaired) electrons. The highest BCUT2D eigenvalue weighted by Gasteiger charge is 2.13. The predicted molar refractivity (Wildman–Crippen MR) is 44.3 cm³/mol. The Kier molecular flexibility index (Phi) is 3.57. The van der Waals surface area contributed by atoms with Crippen molar-refractivity contribution >= 4 is 11.6 Å². The topological polar surface area (TPSA) is 18.5 Å². The first-order valence-corrected chi connectivity index (χ1v) is 4.36. The number of halogens is 1. The quantitative estimate of drug-likeness (QED) is 0.658. The molecule has 2 nitrogen and oxygen atoms in total. The number of hydrogen-bond donors (Lipinski definition) is 0. The fourth-order valence-electron chi connectivity index (χ4n) is 0.901. The summed E-state index contributed by atoms with van der Waals surface area (Å²) in [4.78, 5) is 0. The second-order valence-corrected chi connectivity index (χ2v) is 2.95. The predicted octanol–water partition coefficient (Wildman–Crippen LogP) is 2.63. The van der Waals surface area contributed by atoms with E-state index in [4.69, 9.17) is 21.1 Å². The zero-order chi connectivity index (χ0) is 8.10. The second-order valence-electron chi connectivity index (χ2n) is 2.49. The lowest BCUT2D eigenvalue weighted by Crippen LogP contribution is -1.86. The van der Waals surface area contributed by atoms with E-state index in [0.29, 0.717) is 19.2 Å². The molecule has 0 aromatic rings. The van der Waals surface area contributed by atoms with Gasteiger partial charge in [0.25, 0.3) is 5.95 Å². The van der Waals surface area contributed by atoms with Crippen molar-refractivity contribution in [1.82, 2.24) is 0 Å². The van der Waals surface area contributed by atoms with E-state index in [2.05, 4.69) is 6.92 Å². The Morgan fingerprint density at radius 2 is 2.09 bits per heavy atom. The molecule has 0 aromatic carbocycles. The molecule has 0 aromatic heterocycles. The maximum Gasteiger partial charge on any atom is 0.294 e. The molecule has 3 heteroatoms. The van der Waals surface area contributed by atoms with Gasteiger partial charge in [0, 0.05) is 0 Å². The Bertz CT molecular complexity index is 146. The maximum atomic E-state index is 5.90. The first-order chi connectivity index (χ1) is 5.34. The van der Waals surface area contributed by atoms with Gasteiger partial charge in [-0.05, 0) is 12.8 Å². The average molecular weight is 177 g/mol. The van der Waals surface area contributed by atoms with Crippen LogP contribution in [0.4, 0.5) is 0 Å². The monoisotopic (exact) mass is 176 g/mol. The summed E-state index contributed by atoms with van der Waals surface area (Å²) in [5, 5.41) is 0.726. The molecule has 0 bridgehead atoms. The van der Waals surface area contributed by atoms with Gasteiger partial charge in [0.05, 0.1) is 5.03 Å². The van der Waals surface area contributed by atoms with Gasteiger partial charge in [-0.2, -0.15) is 0 Å². The van der Waals surface area contributed by atoms with E-state index in [1.807, 2.05) is 0 Å². The smallest absolute Gasteiger partial charge is 0.294 e. The lowest BCUT2D eigenvalue weighted by atomic mass is 10.2. The van der Waals surface area contributed by atoms with Crippen LogP contribution in [0.25, 0.3) is 0 Å². The summed E-state index contributed by atoms with van der Waals surface area (Å²) in [5.41, 5.74) is 0. The van der Waals surface area contributed by atoms with Gasteiger partial charge in [0.2, 0.25) is 0 Å². The van der Waals surface area contributed by atoms with Crippen LogP contribution in [0.3, 0.4) is 0 Å². The molecule has 0 N–H and O–H groups in total. The summed E-state index contributed by atoms with van der Waals surface area (Å²) >= 11 is 5.90. The van der Waals surface area contributed by atoms with Crippen molar-refractivity contribution in [1.29, 1.82) is 0 Å². The van der Waals surface area contributed by atoms with Gasteiger partial charge in [0.15, 0.2) is 0 Å². The number of hydrogen-bond acceptors (Lipinski definition) is 2. The van der Waals surface area contributed by atoms with Crippen LogP contribution in [-0.2, 0) is 9.47 Å². The molecule has 0 amide bonds. The van der Waals surface area contributed by atoms with Gasteiger partial charge < -0.3 is 9.47 Å². The summed E-state index contributed by atoms with van der Waals surface area (Å²) in [7, 11) is 0. The van der Waals surface area contributed by atoms with Gasteiger partial charge in [0.1, 0.15) is 13.2 Å². The SMILES string of the molecule is CCCCC(Cl)=C1OCCO1. The Labute approximate surface area is 72.1 Å². The Hall–Kier alpha value is -0.370. The minimum atomic E-state index is 0.542. The molecular formula is C8H13ClO2. The molecule has 1 saturated heterocycles. The first-order valence-electron chi connectivity index (χ1n) is 3.99. The molecule has 0 aliphatic carbocycles. The Morgan fingerprint density at radius 1 is 1.45 bits per heavy atom. The van der Waals surface area contributed by atoms with Crippen molar-refractivity contribution < 1.29 is 9.47 Å². The van der Waals surface area contributed by atoms with E-state index in [-0.39, 0.29) is 0 Å². The Morgan fingerprint density at radius 3 is 2.64 bits per heavy atom. The van der Waals surface area contributed by atoms with Crippen LogP contribution in [0.2, 0.25) is 0 Å². The average Bonchev–Trinajstić information content (AvgIpc) is 2.52. The highest BCUT2D eigenvalue weighted by atomic mass is 35.5. The molecule has 1 aliphatic rings. The van der Waals surface area contributed by atoms with Gasteiger partial charge in [-0.15, -0.1) is 0 Å². The molecular weight excluding hydrogens is 164 g/mol. The van der Waals surface area contributed by atoms with Crippen molar-refractivity contribution in [3.05, 3.63) is 11.0 Å². The van der Waals surface area contributed by atoms with Gasteiger partial charge in [-0.3, -0.25) is 0 Å². The molecule has 1 heterocycles. The maximum absolute atomic E-state index is 5.90. The standard InChI is InChI=1S/C8H13ClO2/c1-2-3-4-7(9)8-10-5-6-11-8/h2-6H2,1H3. The lowest BCUT2D eigenvalue weighted by molar-refractivity contribution is 0.172. The highest BCUT2D eigenvalue weighted by molar-refractivity contribution is 6.29. The lowest BCUT2D eigenvalue weighted by Gasteiger charge is -2.00. The third-order valence-electron chi connectivity index (χ3n) is 1.52. The van der Waals surface area contributed by atoms with Crippen molar-refractivity contribution in [2.45, 2.75) is 26.2 Å². The molecule has 0 saturated carbocycles. The van der Waals surface area contributed by atoms with Crippen LogP contribution in [-0.4, -0.2) is 13.2 Å². The molecule has 0 spiro atoms. The summed E-state index contributed by atoms with van der Waals surface area (Å²) in [5.74, 6) is 0.542. The van der Waals surface area contributed by atoms with Gasteiger partial charge in [-0.1, -0.05) is 24.9 Å². The van der Waals surface area contributed by atoms with Crippen molar-refractivity contribution in [2.24, 2.45) is 0 Å². The molecule has 1 aliphatic heterocycles. The van der Waals surface area contributed by atoms with Crippen LogP contribution < -0.4 is 0 Å². The third kappa shape index (κ3) is 2.62. The van der Waals surface area contributed by atoms with E-state index in [1.165, 1.54) is 0 Å². The van der Waals surface area contributed by atoms with Crippen LogP contribution >= 0.6 is 11.6 Å². The van der Waals surface area contributed by atoms with Crippen LogP contribution in [0.5, 0.6) is 0 Å². The zero-order valence-electron chi connectivity index (χ0n) is 6.73. The number of ether oxygens (including phenoxy) is 2. The van der Waals surface area contributed by atoms with Crippen molar-refractivity contribution in [3.63, 3.8) is 0 Å². The van der Waals surface area contributed by atoms with Crippen LogP contribution in [0.15, 0.2) is 11.0 Å². The summed E-state index contributed by atoms with van der Waals surface area (Å²) in [6.07, 6.45) is 3.10. The largest absolute Gasteiger partial charge is 0.461 e. The first kappa shape index (κ1) is 8.72. The minimum absolute atomic E-state index is 0.542. The van der Waals surface area contributed by atoms with E-state index in [9.17, 15) is 0 Å². The highest BCUT2D eigenvalue weighted by Crippen LogP contribution is 2.21. The number of unbranched alkanes of at least 4 members (excludes halogenated alkanes) is 1. The summed E-state index contributed by atoms with van der Waals surface area (Å²) < 4.78 is 10.3. The molecule has 0 unspecified atom stereocenters. The van der Waals surface area contributed by atoms with Crippen molar-refractivity contribution in [3.8, 4) is 0 Å². The van der Waals surface area contributed by atoms with Gasteiger partial charge in [-0.25, -0.2) is 0 Å². The third-order valence-corrected chi connectivity index (χ3v) is 1.86. The molecule has 11 heavy (non-hydrogen) atoms. The fraction of sp³-hybridized carbons (Fsp3) is 0.750. The Balaban J connectivity index is 2.35. The minimum Gasteiger partial charge on any atom is -0.461 e. The fourth-order valence-corrected chi connectivity index (χ4v) is 1.14. The van der Waals surface area contributed by atoms with E-state index >= 15 is 0 Å². The normalized spacial score (nSPS) is 16.0. The number of rotatable bonds is 3. The van der Waals surface area contributed by atoms with Crippen LogP contribution in [0.1, 0.15) is 26.2 Å². The summed E-state index contributed by atoms with van der Waals surface area (Å²) in [6.45, 7) is 3.40. The molecule has 64 valence electrons. The van der Waals surface area contributed by atoms with E-state index in [1.54, 1.807) is 0 Å². The number of allylic oxidation sites excluding steroid dienone is 1. The van der Waals surface area contributed by atoms with Gasteiger partial charge >= 0.3 is 0 Å².